The maximum absolute atomic E-state index is 13.6. The first-order valence-corrected chi connectivity index (χ1v) is 6.17. The molecule has 102 valence electrons. The van der Waals surface area contributed by atoms with Crippen molar-refractivity contribution in [3.05, 3.63) is 53.8 Å². The van der Waals surface area contributed by atoms with Gasteiger partial charge in [0.2, 0.25) is 0 Å². The quantitative estimate of drug-likeness (QED) is 0.883. The molecule has 1 amide bonds. The first kappa shape index (κ1) is 12.5. The van der Waals surface area contributed by atoms with E-state index in [0.717, 1.165) is 0 Å². The Morgan fingerprint density at radius 2 is 2.05 bits per heavy atom. The summed E-state index contributed by atoms with van der Waals surface area (Å²) in [7, 11) is 0. The highest BCUT2D eigenvalue weighted by molar-refractivity contribution is 5.98. The second-order valence-corrected chi connectivity index (χ2v) is 4.57. The van der Waals surface area contributed by atoms with Crippen molar-refractivity contribution in [2.45, 2.75) is 12.5 Å². The largest absolute Gasteiger partial charge is 0.508 e. The second kappa shape index (κ2) is 4.85. The van der Waals surface area contributed by atoms with E-state index in [-0.39, 0.29) is 23.9 Å². The minimum Gasteiger partial charge on any atom is -0.508 e. The van der Waals surface area contributed by atoms with Crippen LogP contribution in [0.4, 0.5) is 10.1 Å². The minimum absolute atomic E-state index is 0.0419. The predicted molar refractivity (Wildman–Crippen MR) is 71.3 cm³/mol. The highest BCUT2D eigenvalue weighted by atomic mass is 19.1. The Morgan fingerprint density at radius 1 is 1.25 bits per heavy atom. The van der Waals surface area contributed by atoms with E-state index in [4.69, 9.17) is 4.74 Å². The van der Waals surface area contributed by atoms with Crippen LogP contribution in [0.15, 0.2) is 42.5 Å². The molecule has 0 radical (unpaired) electrons. The van der Waals surface area contributed by atoms with E-state index < -0.39 is 6.10 Å². The zero-order valence-electron chi connectivity index (χ0n) is 10.5. The lowest BCUT2D eigenvalue weighted by atomic mass is 10.1. The van der Waals surface area contributed by atoms with Crippen molar-refractivity contribution in [3.8, 4) is 11.5 Å². The number of carbonyl (C=O) groups is 1. The number of hydrogen-bond acceptors (Lipinski definition) is 3. The molecule has 0 saturated heterocycles. The van der Waals surface area contributed by atoms with Crippen LogP contribution < -0.4 is 10.1 Å². The Bertz CT molecular complexity index is 672. The summed E-state index contributed by atoms with van der Waals surface area (Å²) in [6, 6.07) is 10.7. The molecule has 2 N–H and O–H groups in total. The van der Waals surface area contributed by atoms with Crippen molar-refractivity contribution >= 4 is 11.6 Å². The monoisotopic (exact) mass is 273 g/mol. The molecule has 4 nitrogen and oxygen atoms in total. The van der Waals surface area contributed by atoms with Gasteiger partial charge >= 0.3 is 0 Å². The molecular formula is C15H12FNO3. The number of phenolic OH excluding ortho intramolecular Hbond substituents is 1. The standard InChI is InChI=1S/C15H12FNO3/c16-11-4-2-1-3-9(11)7-14-15(19)17-12-8-10(18)5-6-13(12)20-14/h1-6,8,14,18H,7H2,(H,17,19)/t14-/m1/s1. The van der Waals surface area contributed by atoms with Crippen LogP contribution in [0, 0.1) is 5.82 Å². The lowest BCUT2D eigenvalue weighted by Gasteiger charge is -2.26. The number of benzene rings is 2. The molecule has 0 fully saturated rings. The number of aromatic hydroxyl groups is 1. The molecule has 0 saturated carbocycles. The maximum atomic E-state index is 13.6. The third kappa shape index (κ3) is 2.30. The molecule has 2 aromatic carbocycles. The van der Waals surface area contributed by atoms with Crippen molar-refractivity contribution in [1.82, 2.24) is 0 Å². The first-order valence-electron chi connectivity index (χ1n) is 6.17. The fourth-order valence-corrected chi connectivity index (χ4v) is 2.14. The first-order chi connectivity index (χ1) is 9.63. The number of rotatable bonds is 2. The summed E-state index contributed by atoms with van der Waals surface area (Å²) < 4.78 is 19.2. The summed E-state index contributed by atoms with van der Waals surface area (Å²) >= 11 is 0. The molecule has 3 rings (SSSR count). The van der Waals surface area contributed by atoms with Gasteiger partial charge in [-0.05, 0) is 23.8 Å². The summed E-state index contributed by atoms with van der Waals surface area (Å²) in [4.78, 5) is 11.9. The number of fused-ring (bicyclic) bond motifs is 1. The van der Waals surface area contributed by atoms with Gasteiger partial charge in [-0.2, -0.15) is 0 Å². The lowest BCUT2D eigenvalue weighted by molar-refractivity contribution is -0.123. The van der Waals surface area contributed by atoms with Crippen LogP contribution in [0.5, 0.6) is 11.5 Å². The predicted octanol–water partition coefficient (Wildman–Crippen LogP) is 2.47. The molecule has 1 atom stereocenters. The van der Waals surface area contributed by atoms with Crippen LogP contribution >= 0.6 is 0 Å². The molecule has 2 aromatic rings. The van der Waals surface area contributed by atoms with Gasteiger partial charge in [0.15, 0.2) is 6.10 Å². The average molecular weight is 273 g/mol. The molecule has 0 spiro atoms. The zero-order valence-corrected chi connectivity index (χ0v) is 10.5. The van der Waals surface area contributed by atoms with Gasteiger partial charge in [0.05, 0.1) is 5.69 Å². The molecule has 0 aliphatic carbocycles. The van der Waals surface area contributed by atoms with Crippen molar-refractivity contribution in [2.75, 3.05) is 5.32 Å². The fourth-order valence-electron chi connectivity index (χ4n) is 2.14. The number of nitrogens with one attached hydrogen (secondary N) is 1. The number of carbonyl (C=O) groups excluding carboxylic acids is 1. The summed E-state index contributed by atoms with van der Waals surface area (Å²) in [6.45, 7) is 0. The van der Waals surface area contributed by atoms with Crippen LogP contribution in [0.2, 0.25) is 0 Å². The molecule has 1 aliphatic rings. The molecule has 0 unspecified atom stereocenters. The van der Waals surface area contributed by atoms with E-state index in [0.29, 0.717) is 17.0 Å². The van der Waals surface area contributed by atoms with Crippen LogP contribution in [0.25, 0.3) is 0 Å². The number of amides is 1. The van der Waals surface area contributed by atoms with Gasteiger partial charge in [-0.15, -0.1) is 0 Å². The fraction of sp³-hybridized carbons (Fsp3) is 0.133. The Balaban J connectivity index is 1.84. The highest BCUT2D eigenvalue weighted by Crippen LogP contribution is 2.33. The summed E-state index contributed by atoms with van der Waals surface area (Å²) in [5, 5.41) is 12.0. The number of hydrogen-bond donors (Lipinski definition) is 2. The van der Waals surface area contributed by atoms with E-state index in [9.17, 15) is 14.3 Å². The Hall–Kier alpha value is -2.56. The summed E-state index contributed by atoms with van der Waals surface area (Å²) in [5.41, 5.74) is 0.842. The van der Waals surface area contributed by atoms with Crippen molar-refractivity contribution in [3.63, 3.8) is 0 Å². The molecule has 0 aromatic heterocycles. The Morgan fingerprint density at radius 3 is 2.85 bits per heavy atom. The van der Waals surface area contributed by atoms with Crippen LogP contribution in [0.3, 0.4) is 0 Å². The number of anilines is 1. The van der Waals surface area contributed by atoms with Gasteiger partial charge in [-0.25, -0.2) is 4.39 Å². The van der Waals surface area contributed by atoms with E-state index in [1.54, 1.807) is 24.3 Å². The van der Waals surface area contributed by atoms with E-state index in [1.807, 2.05) is 0 Å². The number of phenols is 1. The normalized spacial score (nSPS) is 17.1. The summed E-state index contributed by atoms with van der Waals surface area (Å²) in [6.07, 6.45) is -0.636. The Kier molecular flexibility index (Phi) is 3.02. The van der Waals surface area contributed by atoms with Gasteiger partial charge in [-0.1, -0.05) is 18.2 Å². The van der Waals surface area contributed by atoms with Crippen molar-refractivity contribution < 1.29 is 19.0 Å². The smallest absolute Gasteiger partial charge is 0.265 e. The molecule has 20 heavy (non-hydrogen) atoms. The SMILES string of the molecule is O=C1Nc2cc(O)ccc2O[C@@H]1Cc1ccccc1F. The van der Waals surface area contributed by atoms with E-state index in [2.05, 4.69) is 5.32 Å². The van der Waals surface area contributed by atoms with E-state index in [1.165, 1.54) is 18.2 Å². The molecule has 1 aliphatic heterocycles. The third-order valence-corrected chi connectivity index (χ3v) is 3.15. The summed E-state index contributed by atoms with van der Waals surface area (Å²) in [5.74, 6) is -0.212. The average Bonchev–Trinajstić information content (AvgIpc) is 2.42. The van der Waals surface area contributed by atoms with Gasteiger partial charge < -0.3 is 15.2 Å². The Labute approximate surface area is 114 Å². The maximum Gasteiger partial charge on any atom is 0.265 e. The lowest BCUT2D eigenvalue weighted by Crippen LogP contribution is -2.38. The molecular weight excluding hydrogens is 261 g/mol. The molecule has 0 bridgehead atoms. The van der Waals surface area contributed by atoms with Crippen LogP contribution in [-0.4, -0.2) is 17.1 Å². The highest BCUT2D eigenvalue weighted by Gasteiger charge is 2.28. The zero-order chi connectivity index (χ0) is 14.1. The third-order valence-electron chi connectivity index (χ3n) is 3.15. The van der Waals surface area contributed by atoms with Crippen LogP contribution in [-0.2, 0) is 11.2 Å². The minimum atomic E-state index is -0.788. The molecule has 1 heterocycles. The van der Waals surface area contributed by atoms with Gasteiger partial charge in [0.1, 0.15) is 17.3 Å². The van der Waals surface area contributed by atoms with Crippen molar-refractivity contribution in [2.24, 2.45) is 0 Å². The van der Waals surface area contributed by atoms with E-state index >= 15 is 0 Å². The number of halogens is 1. The number of ether oxygens (including phenoxy) is 1. The molecule has 5 heteroatoms. The van der Waals surface area contributed by atoms with Crippen LogP contribution in [0.1, 0.15) is 5.56 Å². The van der Waals surface area contributed by atoms with Gasteiger partial charge in [0, 0.05) is 12.5 Å². The topological polar surface area (TPSA) is 58.6 Å². The van der Waals surface area contributed by atoms with Gasteiger partial charge in [-0.3, -0.25) is 4.79 Å². The van der Waals surface area contributed by atoms with Gasteiger partial charge in [0.25, 0.3) is 5.91 Å². The second-order valence-electron chi connectivity index (χ2n) is 4.57. The van der Waals surface area contributed by atoms with Crippen molar-refractivity contribution in [1.29, 1.82) is 0 Å².